The fourth-order valence-electron chi connectivity index (χ4n) is 2.46. The summed E-state index contributed by atoms with van der Waals surface area (Å²) in [7, 11) is 1.36. The van der Waals surface area contributed by atoms with Crippen molar-refractivity contribution in [1.82, 2.24) is 4.90 Å². The van der Waals surface area contributed by atoms with Gasteiger partial charge in [-0.05, 0) is 19.4 Å². The van der Waals surface area contributed by atoms with Crippen LogP contribution in [0.25, 0.3) is 0 Å². The Balaban J connectivity index is 2.17. The highest BCUT2D eigenvalue weighted by Gasteiger charge is 2.32. The fraction of sp³-hybridized carbons (Fsp3) is 0.462. The third-order valence-electron chi connectivity index (χ3n) is 3.40. The lowest BCUT2D eigenvalue weighted by Crippen LogP contribution is -2.36. The van der Waals surface area contributed by atoms with Gasteiger partial charge in [0.1, 0.15) is 6.04 Å². The minimum absolute atomic E-state index is 0.0954. The summed E-state index contributed by atoms with van der Waals surface area (Å²) in [6, 6.07) is 6.34. The van der Waals surface area contributed by atoms with Crippen LogP contribution in [0.15, 0.2) is 24.3 Å². The Bertz CT molecular complexity index is 489. The molecule has 1 atom stereocenters. The first kappa shape index (κ1) is 13.5. The highest BCUT2D eigenvalue weighted by atomic mass is 16.6. The van der Waals surface area contributed by atoms with Crippen molar-refractivity contribution in [1.29, 1.82) is 0 Å². The number of carbonyl (C=O) groups is 1. The minimum atomic E-state index is -0.390. The topological polar surface area (TPSA) is 72.7 Å². The monoisotopic (exact) mass is 264 g/mol. The number of nitro groups is 1. The molecule has 0 bridgehead atoms. The molecule has 1 fully saturated rings. The van der Waals surface area contributed by atoms with Crippen LogP contribution in [0.3, 0.4) is 0 Å². The summed E-state index contributed by atoms with van der Waals surface area (Å²) in [4.78, 5) is 24.1. The summed E-state index contributed by atoms with van der Waals surface area (Å²) < 4.78 is 4.77. The number of para-hydroxylation sites is 1. The summed E-state index contributed by atoms with van der Waals surface area (Å²) in [5.74, 6) is -0.268. The van der Waals surface area contributed by atoms with E-state index in [2.05, 4.69) is 0 Å². The van der Waals surface area contributed by atoms with Crippen molar-refractivity contribution in [2.45, 2.75) is 25.4 Å². The fourth-order valence-corrected chi connectivity index (χ4v) is 2.46. The average Bonchev–Trinajstić information content (AvgIpc) is 2.86. The first-order valence-electron chi connectivity index (χ1n) is 6.17. The van der Waals surface area contributed by atoms with E-state index in [1.54, 1.807) is 18.2 Å². The van der Waals surface area contributed by atoms with E-state index in [-0.39, 0.29) is 17.7 Å². The maximum Gasteiger partial charge on any atom is 0.323 e. The molecule has 0 saturated carbocycles. The van der Waals surface area contributed by atoms with E-state index in [0.29, 0.717) is 12.1 Å². The summed E-state index contributed by atoms with van der Waals surface area (Å²) >= 11 is 0. The van der Waals surface area contributed by atoms with E-state index in [1.807, 2.05) is 4.90 Å². The van der Waals surface area contributed by atoms with E-state index < -0.39 is 4.92 Å². The van der Waals surface area contributed by atoms with E-state index in [1.165, 1.54) is 13.2 Å². The Labute approximate surface area is 111 Å². The molecule has 0 aromatic heterocycles. The van der Waals surface area contributed by atoms with Crippen molar-refractivity contribution in [2.24, 2.45) is 0 Å². The Hall–Kier alpha value is -1.95. The quantitative estimate of drug-likeness (QED) is 0.470. The van der Waals surface area contributed by atoms with Crippen LogP contribution in [0, 0.1) is 10.1 Å². The third kappa shape index (κ3) is 2.90. The van der Waals surface area contributed by atoms with Gasteiger partial charge in [0.05, 0.1) is 12.0 Å². The summed E-state index contributed by atoms with van der Waals surface area (Å²) in [6.07, 6.45) is 1.65. The van der Waals surface area contributed by atoms with Crippen molar-refractivity contribution in [2.75, 3.05) is 13.7 Å². The SMILES string of the molecule is COC(=O)C1CCCN1Cc1ccccc1[N+](=O)[O-]. The number of esters is 1. The highest BCUT2D eigenvalue weighted by molar-refractivity contribution is 5.76. The Morgan fingerprint density at radius 2 is 2.26 bits per heavy atom. The number of rotatable bonds is 4. The molecule has 0 spiro atoms. The second-order valence-corrected chi connectivity index (χ2v) is 4.54. The molecule has 1 aliphatic heterocycles. The van der Waals surface area contributed by atoms with Gasteiger partial charge in [-0.25, -0.2) is 0 Å². The van der Waals surface area contributed by atoms with Crippen LogP contribution in [0.2, 0.25) is 0 Å². The van der Waals surface area contributed by atoms with Crippen LogP contribution >= 0.6 is 0 Å². The molecule has 1 unspecified atom stereocenters. The molecule has 1 saturated heterocycles. The smallest absolute Gasteiger partial charge is 0.323 e. The molecule has 1 aliphatic rings. The number of carbonyl (C=O) groups excluding carboxylic acids is 1. The van der Waals surface area contributed by atoms with Gasteiger partial charge in [-0.3, -0.25) is 19.8 Å². The Kier molecular flexibility index (Phi) is 4.11. The van der Waals surface area contributed by atoms with Crippen molar-refractivity contribution in [3.05, 3.63) is 39.9 Å². The lowest BCUT2D eigenvalue weighted by Gasteiger charge is -2.22. The first-order valence-corrected chi connectivity index (χ1v) is 6.17. The van der Waals surface area contributed by atoms with E-state index >= 15 is 0 Å². The van der Waals surface area contributed by atoms with Gasteiger partial charge in [0.25, 0.3) is 5.69 Å². The van der Waals surface area contributed by atoms with Gasteiger partial charge in [0.2, 0.25) is 0 Å². The van der Waals surface area contributed by atoms with Gasteiger partial charge >= 0.3 is 5.97 Å². The molecular formula is C13H16N2O4. The second kappa shape index (κ2) is 5.79. The zero-order valence-electron chi connectivity index (χ0n) is 10.7. The first-order chi connectivity index (χ1) is 9.13. The van der Waals surface area contributed by atoms with E-state index in [0.717, 1.165) is 19.4 Å². The number of nitro benzene ring substituents is 1. The molecule has 0 N–H and O–H groups in total. The molecule has 1 aromatic rings. The van der Waals surface area contributed by atoms with Gasteiger partial charge in [-0.1, -0.05) is 18.2 Å². The standard InChI is InChI=1S/C13H16N2O4/c1-19-13(16)12-7-4-8-14(12)9-10-5-2-3-6-11(10)15(17)18/h2-3,5-6,12H,4,7-9H2,1H3. The van der Waals surface area contributed by atoms with Crippen LogP contribution in [0.4, 0.5) is 5.69 Å². The van der Waals surface area contributed by atoms with Gasteiger partial charge < -0.3 is 4.74 Å². The van der Waals surface area contributed by atoms with Gasteiger partial charge in [-0.2, -0.15) is 0 Å². The van der Waals surface area contributed by atoms with Crippen LogP contribution in [0.5, 0.6) is 0 Å². The number of hydrogen-bond donors (Lipinski definition) is 0. The number of nitrogens with zero attached hydrogens (tertiary/aromatic N) is 2. The van der Waals surface area contributed by atoms with Crippen molar-refractivity contribution >= 4 is 11.7 Å². The van der Waals surface area contributed by atoms with Crippen LogP contribution in [-0.2, 0) is 16.1 Å². The third-order valence-corrected chi connectivity index (χ3v) is 3.40. The predicted octanol–water partition coefficient (Wildman–Crippen LogP) is 1.73. The van der Waals surface area contributed by atoms with Crippen molar-refractivity contribution in [3.8, 4) is 0 Å². The number of methoxy groups -OCH3 is 1. The maximum atomic E-state index is 11.6. The summed E-state index contributed by atoms with van der Waals surface area (Å²) in [6.45, 7) is 1.16. The Morgan fingerprint density at radius 1 is 1.53 bits per heavy atom. The molecule has 0 radical (unpaired) electrons. The zero-order chi connectivity index (χ0) is 13.8. The van der Waals surface area contributed by atoms with Crippen molar-refractivity contribution in [3.63, 3.8) is 0 Å². The zero-order valence-corrected chi connectivity index (χ0v) is 10.7. The van der Waals surface area contributed by atoms with E-state index in [4.69, 9.17) is 4.74 Å². The second-order valence-electron chi connectivity index (χ2n) is 4.54. The summed E-state index contributed by atoms with van der Waals surface area (Å²) in [5, 5.41) is 11.0. The largest absolute Gasteiger partial charge is 0.468 e. The normalized spacial score (nSPS) is 19.3. The van der Waals surface area contributed by atoms with Crippen LogP contribution < -0.4 is 0 Å². The highest BCUT2D eigenvalue weighted by Crippen LogP contribution is 2.25. The molecule has 6 nitrogen and oxygen atoms in total. The lowest BCUT2D eigenvalue weighted by atomic mass is 10.1. The molecule has 0 aliphatic carbocycles. The molecule has 19 heavy (non-hydrogen) atoms. The van der Waals surface area contributed by atoms with Gasteiger partial charge in [0.15, 0.2) is 0 Å². The van der Waals surface area contributed by atoms with Gasteiger partial charge in [0, 0.05) is 18.2 Å². The van der Waals surface area contributed by atoms with Crippen LogP contribution in [-0.4, -0.2) is 35.5 Å². The lowest BCUT2D eigenvalue weighted by molar-refractivity contribution is -0.385. The number of likely N-dealkylation sites (tertiary alicyclic amines) is 1. The van der Waals surface area contributed by atoms with Crippen molar-refractivity contribution < 1.29 is 14.5 Å². The van der Waals surface area contributed by atoms with Crippen LogP contribution in [0.1, 0.15) is 18.4 Å². The average molecular weight is 264 g/mol. The molecular weight excluding hydrogens is 248 g/mol. The van der Waals surface area contributed by atoms with E-state index in [9.17, 15) is 14.9 Å². The number of ether oxygens (including phenoxy) is 1. The minimum Gasteiger partial charge on any atom is -0.468 e. The molecule has 6 heteroatoms. The summed E-state index contributed by atoms with van der Waals surface area (Å²) in [5.41, 5.74) is 0.723. The van der Waals surface area contributed by atoms with Gasteiger partial charge in [-0.15, -0.1) is 0 Å². The molecule has 2 rings (SSSR count). The number of hydrogen-bond acceptors (Lipinski definition) is 5. The molecule has 1 aromatic carbocycles. The predicted molar refractivity (Wildman–Crippen MR) is 68.5 cm³/mol. The number of benzene rings is 1. The molecule has 0 amide bonds. The molecule has 1 heterocycles. The molecule has 102 valence electrons. The Morgan fingerprint density at radius 3 is 2.95 bits per heavy atom. The maximum absolute atomic E-state index is 11.6.